The van der Waals surface area contributed by atoms with Crippen LogP contribution in [-0.4, -0.2) is 33.9 Å². The summed E-state index contributed by atoms with van der Waals surface area (Å²) in [6.07, 6.45) is 0. The minimum absolute atomic E-state index is 0.0173. The van der Waals surface area contributed by atoms with Gasteiger partial charge in [0.25, 0.3) is 11.8 Å². The minimum Gasteiger partial charge on any atom is -0.497 e. The topological polar surface area (TPSA) is 114 Å². The van der Waals surface area contributed by atoms with Crippen molar-refractivity contribution in [3.63, 3.8) is 0 Å². The van der Waals surface area contributed by atoms with E-state index in [0.717, 1.165) is 0 Å². The van der Waals surface area contributed by atoms with E-state index in [0.29, 0.717) is 10.8 Å². The maximum atomic E-state index is 12.1. The fraction of sp³-hybridized carbons (Fsp3) is 0.125. The number of hydrogen-bond acceptors (Lipinski definition) is 5. The Morgan fingerprint density at radius 3 is 2.19 bits per heavy atom. The van der Waals surface area contributed by atoms with E-state index in [4.69, 9.17) is 16.3 Å². The van der Waals surface area contributed by atoms with E-state index in [-0.39, 0.29) is 10.5 Å². The molecule has 0 aliphatic rings. The Kier molecular flexibility index (Phi) is 6.56. The van der Waals surface area contributed by atoms with Crippen LogP contribution in [0.1, 0.15) is 10.4 Å². The quantitative estimate of drug-likeness (QED) is 0.631. The molecule has 26 heavy (non-hydrogen) atoms. The van der Waals surface area contributed by atoms with E-state index >= 15 is 0 Å². The summed E-state index contributed by atoms with van der Waals surface area (Å²) in [5.74, 6) is -0.788. The van der Waals surface area contributed by atoms with Gasteiger partial charge in [-0.05, 0) is 48.5 Å². The van der Waals surface area contributed by atoms with Crippen molar-refractivity contribution in [3.8, 4) is 5.75 Å². The Morgan fingerprint density at radius 2 is 1.62 bits per heavy atom. The summed E-state index contributed by atoms with van der Waals surface area (Å²) in [4.78, 5) is 23.5. The van der Waals surface area contributed by atoms with Gasteiger partial charge in [-0.1, -0.05) is 11.6 Å². The van der Waals surface area contributed by atoms with Gasteiger partial charge in [-0.2, -0.15) is 0 Å². The molecule has 2 aromatic carbocycles. The number of carbonyl (C=O) groups excluding carboxylic acids is 2. The average molecular weight is 398 g/mol. The minimum atomic E-state index is -3.87. The first kappa shape index (κ1) is 19.7. The zero-order chi connectivity index (χ0) is 19.2. The van der Waals surface area contributed by atoms with Crippen molar-refractivity contribution in [3.05, 3.63) is 59.1 Å². The largest absolute Gasteiger partial charge is 0.497 e. The molecule has 2 aromatic rings. The molecule has 0 saturated carbocycles. The summed E-state index contributed by atoms with van der Waals surface area (Å²) >= 11 is 5.72. The van der Waals surface area contributed by atoms with Gasteiger partial charge < -0.3 is 4.74 Å². The Bertz CT molecular complexity index is 883. The van der Waals surface area contributed by atoms with Crippen LogP contribution in [0.15, 0.2) is 53.4 Å². The summed E-state index contributed by atoms with van der Waals surface area (Å²) in [6.45, 7) is -0.546. The summed E-state index contributed by atoms with van der Waals surface area (Å²) in [5, 5.41) is 0.471. The van der Waals surface area contributed by atoms with Gasteiger partial charge in [0.05, 0.1) is 18.6 Å². The Balaban J connectivity index is 1.85. The van der Waals surface area contributed by atoms with Crippen molar-refractivity contribution in [2.45, 2.75) is 4.90 Å². The number of rotatable bonds is 6. The van der Waals surface area contributed by atoms with Gasteiger partial charge in [-0.15, -0.1) is 0 Å². The van der Waals surface area contributed by atoms with Gasteiger partial charge >= 0.3 is 0 Å². The Labute approximate surface area is 155 Å². The lowest BCUT2D eigenvalue weighted by Gasteiger charge is -2.09. The second-order valence-electron chi connectivity index (χ2n) is 5.01. The smallest absolute Gasteiger partial charge is 0.269 e. The van der Waals surface area contributed by atoms with Crippen molar-refractivity contribution < 1.29 is 22.7 Å². The predicted molar refractivity (Wildman–Crippen MR) is 95.2 cm³/mol. The highest BCUT2D eigenvalue weighted by Crippen LogP contribution is 2.15. The van der Waals surface area contributed by atoms with Gasteiger partial charge in [0, 0.05) is 10.6 Å². The van der Waals surface area contributed by atoms with Crippen LogP contribution >= 0.6 is 11.6 Å². The van der Waals surface area contributed by atoms with Crippen LogP contribution in [0.4, 0.5) is 0 Å². The third-order valence-corrected chi connectivity index (χ3v) is 4.88. The number of methoxy groups -OCH3 is 1. The van der Waals surface area contributed by atoms with Crippen molar-refractivity contribution in [1.29, 1.82) is 0 Å². The molecule has 0 saturated heterocycles. The molecule has 0 unspecified atom stereocenters. The fourth-order valence-corrected chi connectivity index (χ4v) is 2.95. The standard InChI is InChI=1S/C16H16ClN3O5S/c1-25-13-6-8-14(9-7-13)26(23,24)18-10-15(21)19-20-16(22)11-2-4-12(17)5-3-11/h2-9,18H,10H2,1H3,(H,19,21)(H,20,22). The molecule has 2 rings (SSSR count). The molecule has 0 aliphatic heterocycles. The highest BCUT2D eigenvalue weighted by Gasteiger charge is 2.16. The highest BCUT2D eigenvalue weighted by molar-refractivity contribution is 7.89. The zero-order valence-corrected chi connectivity index (χ0v) is 15.2. The second-order valence-corrected chi connectivity index (χ2v) is 7.21. The maximum absolute atomic E-state index is 12.1. The van der Waals surface area contributed by atoms with Crippen LogP contribution in [0, 0.1) is 0 Å². The highest BCUT2D eigenvalue weighted by atomic mass is 35.5. The number of sulfonamides is 1. The van der Waals surface area contributed by atoms with Crippen LogP contribution in [-0.2, 0) is 14.8 Å². The van der Waals surface area contributed by atoms with Crippen LogP contribution in [0.2, 0.25) is 5.02 Å². The molecule has 0 atom stereocenters. The van der Waals surface area contributed by atoms with E-state index in [1.807, 2.05) is 0 Å². The van der Waals surface area contributed by atoms with E-state index in [9.17, 15) is 18.0 Å². The first-order chi connectivity index (χ1) is 12.3. The molecule has 138 valence electrons. The van der Waals surface area contributed by atoms with Crippen LogP contribution in [0.5, 0.6) is 5.75 Å². The molecule has 0 aromatic heterocycles. The molecule has 10 heteroatoms. The van der Waals surface area contributed by atoms with Gasteiger partial charge in [0.2, 0.25) is 10.0 Å². The molecule has 0 heterocycles. The van der Waals surface area contributed by atoms with Crippen molar-refractivity contribution in [2.24, 2.45) is 0 Å². The fourth-order valence-electron chi connectivity index (χ4n) is 1.84. The third kappa shape index (κ3) is 5.45. The summed E-state index contributed by atoms with van der Waals surface area (Å²) < 4.78 is 31.3. The van der Waals surface area contributed by atoms with Crippen LogP contribution in [0.25, 0.3) is 0 Å². The molecule has 0 aliphatic carbocycles. The lowest BCUT2D eigenvalue weighted by atomic mass is 10.2. The Hall–Kier alpha value is -2.62. The number of benzene rings is 2. The number of hydrazine groups is 1. The maximum Gasteiger partial charge on any atom is 0.269 e. The number of amides is 2. The van der Waals surface area contributed by atoms with Crippen molar-refractivity contribution in [2.75, 3.05) is 13.7 Å². The number of carbonyl (C=O) groups is 2. The summed E-state index contributed by atoms with van der Waals surface area (Å²) in [6, 6.07) is 11.7. The van der Waals surface area contributed by atoms with E-state index in [1.165, 1.54) is 55.6 Å². The second kappa shape index (κ2) is 8.65. The first-order valence-electron chi connectivity index (χ1n) is 7.30. The van der Waals surface area contributed by atoms with E-state index < -0.39 is 28.4 Å². The SMILES string of the molecule is COc1ccc(S(=O)(=O)NCC(=O)NNC(=O)c2ccc(Cl)cc2)cc1. The number of ether oxygens (including phenoxy) is 1. The van der Waals surface area contributed by atoms with Crippen molar-refractivity contribution >= 4 is 33.4 Å². The van der Waals surface area contributed by atoms with Gasteiger partial charge in [0.1, 0.15) is 5.75 Å². The molecule has 8 nitrogen and oxygen atoms in total. The molecule has 2 amide bonds. The van der Waals surface area contributed by atoms with Crippen molar-refractivity contribution in [1.82, 2.24) is 15.6 Å². The number of nitrogens with one attached hydrogen (secondary N) is 3. The molecule has 0 fully saturated rings. The molecule has 0 radical (unpaired) electrons. The molecular formula is C16H16ClN3O5S. The zero-order valence-electron chi connectivity index (χ0n) is 13.7. The van der Waals surface area contributed by atoms with Gasteiger partial charge in [-0.3, -0.25) is 20.4 Å². The van der Waals surface area contributed by atoms with Gasteiger partial charge in [-0.25, -0.2) is 13.1 Å². The third-order valence-electron chi connectivity index (χ3n) is 3.21. The molecule has 0 bridgehead atoms. The number of hydrogen-bond donors (Lipinski definition) is 3. The molecular weight excluding hydrogens is 382 g/mol. The molecule has 3 N–H and O–H groups in total. The summed E-state index contributed by atoms with van der Waals surface area (Å²) in [7, 11) is -2.41. The molecule has 0 spiro atoms. The monoisotopic (exact) mass is 397 g/mol. The lowest BCUT2D eigenvalue weighted by molar-refractivity contribution is -0.120. The van der Waals surface area contributed by atoms with Crippen LogP contribution in [0.3, 0.4) is 0 Å². The Morgan fingerprint density at radius 1 is 1.00 bits per heavy atom. The van der Waals surface area contributed by atoms with Gasteiger partial charge in [0.15, 0.2) is 0 Å². The average Bonchev–Trinajstić information content (AvgIpc) is 2.65. The van der Waals surface area contributed by atoms with E-state index in [2.05, 4.69) is 15.6 Å². The lowest BCUT2D eigenvalue weighted by Crippen LogP contribution is -2.46. The number of halogens is 1. The normalized spacial score (nSPS) is 10.8. The van der Waals surface area contributed by atoms with Crippen LogP contribution < -0.4 is 20.3 Å². The predicted octanol–water partition coefficient (Wildman–Crippen LogP) is 1.09. The summed E-state index contributed by atoms with van der Waals surface area (Å²) in [5.41, 5.74) is 4.58. The first-order valence-corrected chi connectivity index (χ1v) is 9.16. The van der Waals surface area contributed by atoms with E-state index in [1.54, 1.807) is 0 Å².